The summed E-state index contributed by atoms with van der Waals surface area (Å²) in [7, 11) is 0. The van der Waals surface area contributed by atoms with Crippen molar-refractivity contribution in [3.8, 4) is 0 Å². The first-order chi connectivity index (χ1) is 15.7. The highest BCUT2D eigenvalue weighted by molar-refractivity contribution is 7.82. The van der Waals surface area contributed by atoms with Crippen LogP contribution in [-0.2, 0) is 19.1 Å². The SMILES string of the molecule is CCCCCCCCOC(=O)CC(C(=O)OCCCCCCCC)C(=S)[N+](S)(CC)C(C)C. The minimum absolute atomic E-state index is 0.0684. The van der Waals surface area contributed by atoms with E-state index in [9.17, 15) is 9.59 Å². The number of ether oxygens (including phenoxy) is 2. The number of unbranched alkanes of at least 4 members (excludes halogenated alkanes) is 10. The third-order valence-corrected chi connectivity index (χ3v) is 7.88. The standard InChI is InChI=1S/C26H50NO4S2/c1-6-9-11-13-15-17-19-30-24(28)21-23(25(32)27(33,8-3)22(4)5)26(29)31-20-18-16-14-12-10-7-2/h22-23,33H,6-21H2,1-5H3/q+1. The lowest BCUT2D eigenvalue weighted by Crippen LogP contribution is -2.53. The van der Waals surface area contributed by atoms with Gasteiger partial charge in [0, 0.05) is 0 Å². The molecule has 0 rings (SSSR count). The van der Waals surface area contributed by atoms with Crippen molar-refractivity contribution < 1.29 is 23.0 Å². The summed E-state index contributed by atoms with van der Waals surface area (Å²) in [4.78, 5) is 25.9. The molecule has 0 aliphatic heterocycles. The minimum atomic E-state index is -0.822. The molecule has 2 unspecified atom stereocenters. The van der Waals surface area contributed by atoms with E-state index in [0.29, 0.717) is 24.7 Å². The summed E-state index contributed by atoms with van der Waals surface area (Å²) >= 11 is 10.5. The summed E-state index contributed by atoms with van der Waals surface area (Å²) in [5.74, 6) is -1.65. The number of thiocarbonyl (C=S) groups is 1. The molecular formula is C26H50NO4S2+. The summed E-state index contributed by atoms with van der Waals surface area (Å²) < 4.78 is 11.1. The number of hydrogen-bond donors (Lipinski definition) is 1. The van der Waals surface area contributed by atoms with Crippen LogP contribution in [0.15, 0.2) is 0 Å². The number of quaternary nitrogens is 1. The van der Waals surface area contributed by atoms with E-state index in [-0.39, 0.29) is 16.4 Å². The van der Waals surface area contributed by atoms with Crippen molar-refractivity contribution in [2.24, 2.45) is 5.92 Å². The van der Waals surface area contributed by atoms with E-state index in [1.54, 1.807) is 0 Å². The van der Waals surface area contributed by atoms with Crippen molar-refractivity contribution in [3.63, 3.8) is 0 Å². The van der Waals surface area contributed by atoms with Gasteiger partial charge in [0.1, 0.15) is 0 Å². The second kappa shape index (κ2) is 19.6. The van der Waals surface area contributed by atoms with Crippen molar-refractivity contribution in [1.29, 1.82) is 0 Å². The zero-order valence-electron chi connectivity index (χ0n) is 21.9. The van der Waals surface area contributed by atoms with Crippen LogP contribution >= 0.6 is 25.0 Å². The normalized spacial score (nSPS) is 14.0. The molecule has 2 atom stereocenters. The lowest BCUT2D eigenvalue weighted by Gasteiger charge is -2.36. The third-order valence-electron chi connectivity index (χ3n) is 6.17. The van der Waals surface area contributed by atoms with Crippen LogP contribution in [0.3, 0.4) is 0 Å². The van der Waals surface area contributed by atoms with Gasteiger partial charge < -0.3 is 9.47 Å². The van der Waals surface area contributed by atoms with Crippen LogP contribution < -0.4 is 0 Å². The van der Waals surface area contributed by atoms with E-state index in [2.05, 4.69) is 13.8 Å². The van der Waals surface area contributed by atoms with E-state index in [4.69, 9.17) is 34.5 Å². The average Bonchev–Trinajstić information content (AvgIpc) is 2.80. The fourth-order valence-electron chi connectivity index (χ4n) is 3.77. The number of rotatable bonds is 20. The summed E-state index contributed by atoms with van der Waals surface area (Å²) in [5.41, 5.74) is 0. The Labute approximate surface area is 214 Å². The van der Waals surface area contributed by atoms with E-state index < -0.39 is 17.9 Å². The molecule has 0 saturated heterocycles. The number of hydrogen-bond acceptors (Lipinski definition) is 6. The molecule has 0 aliphatic carbocycles. The molecule has 0 aromatic heterocycles. The number of thiol groups is 1. The second-order valence-corrected chi connectivity index (χ2v) is 10.4. The summed E-state index contributed by atoms with van der Waals surface area (Å²) in [6.07, 6.45) is 13.3. The molecule has 0 heterocycles. The Hall–Kier alpha value is -0.660. The van der Waals surface area contributed by atoms with Gasteiger partial charge >= 0.3 is 11.9 Å². The Morgan fingerprint density at radius 2 is 1.24 bits per heavy atom. The maximum atomic E-state index is 13.0. The summed E-state index contributed by atoms with van der Waals surface area (Å²) in [6.45, 7) is 11.8. The maximum Gasteiger partial charge on any atom is 0.320 e. The predicted octanol–water partition coefficient (Wildman–Crippen LogP) is 7.22. The van der Waals surface area contributed by atoms with Gasteiger partial charge in [0.2, 0.25) is 4.99 Å². The maximum absolute atomic E-state index is 13.0. The van der Waals surface area contributed by atoms with Gasteiger partial charge in [-0.1, -0.05) is 78.1 Å². The van der Waals surface area contributed by atoms with Gasteiger partial charge in [0.15, 0.2) is 5.92 Å². The average molecular weight is 505 g/mol. The molecule has 0 aromatic carbocycles. The van der Waals surface area contributed by atoms with Gasteiger partial charge in [-0.3, -0.25) is 9.59 Å². The molecule has 0 N–H and O–H groups in total. The first-order valence-corrected chi connectivity index (χ1v) is 14.0. The molecule has 5 nitrogen and oxygen atoms in total. The van der Waals surface area contributed by atoms with Crippen LogP contribution in [0.2, 0.25) is 0 Å². The van der Waals surface area contributed by atoms with Crippen LogP contribution in [-0.4, -0.2) is 46.6 Å². The Balaban J connectivity index is 4.83. The zero-order valence-corrected chi connectivity index (χ0v) is 23.6. The topological polar surface area (TPSA) is 52.6 Å². The first-order valence-electron chi connectivity index (χ1n) is 13.2. The van der Waals surface area contributed by atoms with Gasteiger partial charge in [0.05, 0.1) is 45.0 Å². The number of nitrogens with zero attached hydrogens (tertiary/aromatic N) is 1. The summed E-state index contributed by atoms with van der Waals surface area (Å²) in [5, 5.41) is 0. The van der Waals surface area contributed by atoms with Crippen LogP contribution in [0.4, 0.5) is 0 Å². The van der Waals surface area contributed by atoms with Crippen molar-refractivity contribution in [1.82, 2.24) is 0 Å². The van der Waals surface area contributed by atoms with Crippen LogP contribution in [0, 0.1) is 5.92 Å². The van der Waals surface area contributed by atoms with E-state index in [1.807, 2.05) is 20.8 Å². The van der Waals surface area contributed by atoms with Crippen molar-refractivity contribution in [3.05, 3.63) is 0 Å². The molecule has 0 amide bonds. The fraction of sp³-hybridized carbons (Fsp3) is 0.885. The third kappa shape index (κ3) is 13.7. The van der Waals surface area contributed by atoms with Gasteiger partial charge in [-0.25, -0.2) is 3.89 Å². The highest BCUT2D eigenvalue weighted by atomic mass is 32.1. The highest BCUT2D eigenvalue weighted by Gasteiger charge is 2.42. The number of carbonyl (C=O) groups is 2. The molecule has 0 bridgehead atoms. The second-order valence-electron chi connectivity index (χ2n) is 9.26. The Kier molecular flexibility index (Phi) is 19.2. The number of esters is 2. The molecule has 0 fully saturated rings. The largest absolute Gasteiger partial charge is 0.466 e. The van der Waals surface area contributed by atoms with Crippen molar-refractivity contribution in [2.75, 3.05) is 19.8 Å². The van der Waals surface area contributed by atoms with Crippen molar-refractivity contribution in [2.45, 2.75) is 124 Å². The lowest BCUT2D eigenvalue weighted by atomic mass is 10.0. The number of carbonyl (C=O) groups excluding carboxylic acids is 2. The smallest absolute Gasteiger partial charge is 0.320 e. The molecule has 0 aliphatic rings. The van der Waals surface area contributed by atoms with Gasteiger partial charge in [-0.2, -0.15) is 0 Å². The molecule has 0 aromatic rings. The molecular weight excluding hydrogens is 454 g/mol. The van der Waals surface area contributed by atoms with E-state index in [0.717, 1.165) is 38.5 Å². The molecule has 0 radical (unpaired) electrons. The van der Waals surface area contributed by atoms with Gasteiger partial charge in [0.25, 0.3) is 0 Å². The highest BCUT2D eigenvalue weighted by Crippen LogP contribution is 2.27. The van der Waals surface area contributed by atoms with E-state index in [1.165, 1.54) is 38.5 Å². The molecule has 33 heavy (non-hydrogen) atoms. The molecule has 0 saturated carbocycles. The molecule has 7 heteroatoms. The van der Waals surface area contributed by atoms with Gasteiger partial charge in [-0.15, -0.1) is 0 Å². The first kappa shape index (κ1) is 32.3. The quantitative estimate of drug-likeness (QED) is 0.0624. The Bertz CT molecular complexity index is 556. The van der Waals surface area contributed by atoms with E-state index >= 15 is 0 Å². The lowest BCUT2D eigenvalue weighted by molar-refractivity contribution is -0.718. The minimum Gasteiger partial charge on any atom is -0.466 e. The zero-order chi connectivity index (χ0) is 25.1. The fourth-order valence-corrected chi connectivity index (χ4v) is 4.43. The van der Waals surface area contributed by atoms with Crippen molar-refractivity contribution >= 4 is 42.0 Å². The van der Waals surface area contributed by atoms with Gasteiger partial charge in [-0.05, 0) is 45.8 Å². The van der Waals surface area contributed by atoms with Crippen LogP contribution in [0.25, 0.3) is 0 Å². The molecule has 194 valence electrons. The predicted molar refractivity (Wildman–Crippen MR) is 144 cm³/mol. The van der Waals surface area contributed by atoms with Crippen LogP contribution in [0.5, 0.6) is 0 Å². The van der Waals surface area contributed by atoms with Crippen LogP contribution in [0.1, 0.15) is 118 Å². The monoisotopic (exact) mass is 504 g/mol. The molecule has 0 spiro atoms. The Morgan fingerprint density at radius 3 is 1.70 bits per heavy atom. The summed E-state index contributed by atoms with van der Waals surface area (Å²) in [6, 6.07) is 0.0684. The Morgan fingerprint density at radius 1 is 0.788 bits per heavy atom.